The lowest BCUT2D eigenvalue weighted by Gasteiger charge is -2.08. The highest BCUT2D eigenvalue weighted by Crippen LogP contribution is 2.19. The molecule has 0 radical (unpaired) electrons. The van der Waals surface area contributed by atoms with E-state index in [0.717, 1.165) is 12.8 Å². The molecular formula is C16H18F4O4. The first-order chi connectivity index (χ1) is 11.4. The van der Waals surface area contributed by atoms with E-state index < -0.39 is 47.4 Å². The minimum atomic E-state index is -1.96. The predicted octanol–water partition coefficient (Wildman–Crippen LogP) is 3.80. The van der Waals surface area contributed by atoms with Crippen LogP contribution in [0.2, 0.25) is 0 Å². The number of carbonyl (C=O) groups excluding carboxylic acids is 2. The summed E-state index contributed by atoms with van der Waals surface area (Å²) in [6.07, 6.45) is 1.69. The summed E-state index contributed by atoms with van der Waals surface area (Å²) in [4.78, 5) is 22.7. The van der Waals surface area contributed by atoms with E-state index in [2.05, 4.69) is 4.74 Å². The molecule has 0 bridgehead atoms. The SMILES string of the molecule is CCCCOC(=O)CCCC(=O)OCc1cc(F)c(F)c(F)c1F. The van der Waals surface area contributed by atoms with Crippen LogP contribution in [0.25, 0.3) is 0 Å². The molecule has 24 heavy (non-hydrogen) atoms. The quantitative estimate of drug-likeness (QED) is 0.223. The van der Waals surface area contributed by atoms with Crippen molar-refractivity contribution in [3.8, 4) is 0 Å². The number of benzene rings is 1. The van der Waals surface area contributed by atoms with Crippen molar-refractivity contribution in [3.05, 3.63) is 34.9 Å². The summed E-state index contributed by atoms with van der Waals surface area (Å²) in [7, 11) is 0. The van der Waals surface area contributed by atoms with Gasteiger partial charge in [0, 0.05) is 18.4 Å². The number of hydrogen-bond donors (Lipinski definition) is 0. The molecule has 4 nitrogen and oxygen atoms in total. The van der Waals surface area contributed by atoms with Gasteiger partial charge in [0.1, 0.15) is 6.61 Å². The van der Waals surface area contributed by atoms with E-state index in [0.29, 0.717) is 12.7 Å². The van der Waals surface area contributed by atoms with Crippen molar-refractivity contribution >= 4 is 11.9 Å². The van der Waals surface area contributed by atoms with Crippen LogP contribution in [0, 0.1) is 23.3 Å². The summed E-state index contributed by atoms with van der Waals surface area (Å²) in [5, 5.41) is 0. The Morgan fingerprint density at radius 3 is 2.17 bits per heavy atom. The maximum absolute atomic E-state index is 13.4. The van der Waals surface area contributed by atoms with E-state index in [1.54, 1.807) is 0 Å². The smallest absolute Gasteiger partial charge is 0.306 e. The van der Waals surface area contributed by atoms with Gasteiger partial charge in [-0.2, -0.15) is 0 Å². The molecule has 1 aromatic rings. The normalized spacial score (nSPS) is 10.5. The highest BCUT2D eigenvalue weighted by molar-refractivity contribution is 5.72. The van der Waals surface area contributed by atoms with Crippen molar-refractivity contribution in [3.63, 3.8) is 0 Å². The second-order valence-electron chi connectivity index (χ2n) is 5.05. The van der Waals surface area contributed by atoms with Gasteiger partial charge in [0.05, 0.1) is 6.61 Å². The van der Waals surface area contributed by atoms with Crippen molar-refractivity contribution in [2.75, 3.05) is 6.61 Å². The molecule has 0 atom stereocenters. The van der Waals surface area contributed by atoms with E-state index in [9.17, 15) is 27.2 Å². The molecule has 8 heteroatoms. The summed E-state index contributed by atoms with van der Waals surface area (Å²) >= 11 is 0. The number of carbonyl (C=O) groups is 2. The topological polar surface area (TPSA) is 52.6 Å². The first-order valence-corrected chi connectivity index (χ1v) is 7.49. The number of rotatable bonds is 9. The van der Waals surface area contributed by atoms with Crippen molar-refractivity contribution in [2.24, 2.45) is 0 Å². The Kier molecular flexibility index (Phi) is 8.21. The van der Waals surface area contributed by atoms with Gasteiger partial charge in [0.25, 0.3) is 0 Å². The van der Waals surface area contributed by atoms with Crippen LogP contribution >= 0.6 is 0 Å². The van der Waals surface area contributed by atoms with Gasteiger partial charge < -0.3 is 9.47 Å². The van der Waals surface area contributed by atoms with Crippen LogP contribution < -0.4 is 0 Å². The molecule has 0 saturated carbocycles. The molecule has 134 valence electrons. The van der Waals surface area contributed by atoms with Crippen molar-refractivity contribution in [2.45, 2.75) is 45.6 Å². The Bertz CT molecular complexity index is 590. The molecule has 1 rings (SSSR count). The highest BCUT2D eigenvalue weighted by Gasteiger charge is 2.19. The molecule has 0 spiro atoms. The highest BCUT2D eigenvalue weighted by atomic mass is 19.2. The summed E-state index contributed by atoms with van der Waals surface area (Å²) in [5.41, 5.74) is -0.612. The van der Waals surface area contributed by atoms with Gasteiger partial charge in [0.15, 0.2) is 23.3 Å². The van der Waals surface area contributed by atoms with Gasteiger partial charge in [0.2, 0.25) is 0 Å². The van der Waals surface area contributed by atoms with Crippen LogP contribution in [0.1, 0.15) is 44.6 Å². The zero-order valence-corrected chi connectivity index (χ0v) is 13.2. The minimum absolute atomic E-state index is 0.0208. The summed E-state index contributed by atoms with van der Waals surface area (Å²) in [5.74, 6) is -8.29. The lowest BCUT2D eigenvalue weighted by atomic mass is 10.2. The zero-order valence-electron chi connectivity index (χ0n) is 13.2. The van der Waals surface area contributed by atoms with Crippen molar-refractivity contribution < 1.29 is 36.6 Å². The third-order valence-electron chi connectivity index (χ3n) is 3.09. The largest absolute Gasteiger partial charge is 0.466 e. The van der Waals surface area contributed by atoms with Crippen LogP contribution in [0.4, 0.5) is 17.6 Å². The molecule has 0 aliphatic heterocycles. The fraction of sp³-hybridized carbons (Fsp3) is 0.500. The van der Waals surface area contributed by atoms with E-state index in [1.165, 1.54) is 0 Å². The molecule has 1 aromatic carbocycles. The number of esters is 2. The molecule has 0 aliphatic rings. The van der Waals surface area contributed by atoms with Gasteiger partial charge in [-0.1, -0.05) is 13.3 Å². The molecule has 0 N–H and O–H groups in total. The van der Waals surface area contributed by atoms with Crippen LogP contribution in [0.3, 0.4) is 0 Å². The summed E-state index contributed by atoms with van der Waals surface area (Å²) in [6, 6.07) is 0.423. The Labute approximate surface area is 136 Å². The second-order valence-corrected chi connectivity index (χ2v) is 5.05. The van der Waals surface area contributed by atoms with Crippen molar-refractivity contribution in [1.29, 1.82) is 0 Å². The fourth-order valence-electron chi connectivity index (χ4n) is 1.74. The second kappa shape index (κ2) is 9.89. The Balaban J connectivity index is 2.36. The first kappa shape index (κ1) is 19.9. The van der Waals surface area contributed by atoms with Gasteiger partial charge in [-0.25, -0.2) is 17.6 Å². The van der Waals surface area contributed by atoms with Gasteiger partial charge in [-0.3, -0.25) is 9.59 Å². The van der Waals surface area contributed by atoms with E-state index >= 15 is 0 Å². The van der Waals surface area contributed by atoms with Crippen LogP contribution in [0.15, 0.2) is 6.07 Å². The van der Waals surface area contributed by atoms with Crippen molar-refractivity contribution in [1.82, 2.24) is 0 Å². The number of hydrogen-bond acceptors (Lipinski definition) is 4. The summed E-state index contributed by atoms with van der Waals surface area (Å²) < 4.78 is 61.7. The number of unbranched alkanes of at least 4 members (excludes halogenated alkanes) is 1. The van der Waals surface area contributed by atoms with E-state index in [-0.39, 0.29) is 19.3 Å². The monoisotopic (exact) mass is 350 g/mol. The Morgan fingerprint density at radius 2 is 1.54 bits per heavy atom. The average molecular weight is 350 g/mol. The molecule has 0 aliphatic carbocycles. The average Bonchev–Trinajstić information content (AvgIpc) is 2.55. The third kappa shape index (κ3) is 6.17. The van der Waals surface area contributed by atoms with Gasteiger partial charge >= 0.3 is 11.9 Å². The first-order valence-electron chi connectivity index (χ1n) is 7.49. The lowest BCUT2D eigenvalue weighted by molar-refractivity contribution is -0.146. The molecule has 0 aromatic heterocycles. The number of ether oxygens (including phenoxy) is 2. The number of halogens is 4. The molecule has 0 unspecified atom stereocenters. The Hall–Kier alpha value is -2.12. The van der Waals surface area contributed by atoms with Crippen LogP contribution in [-0.2, 0) is 25.7 Å². The lowest BCUT2D eigenvalue weighted by Crippen LogP contribution is -2.10. The standard InChI is InChI=1S/C16H18F4O4/c1-2-3-7-23-12(21)5-4-6-13(22)24-9-10-8-11(17)15(19)16(20)14(10)18/h8H,2-7,9H2,1H3. The third-order valence-corrected chi connectivity index (χ3v) is 3.09. The maximum Gasteiger partial charge on any atom is 0.306 e. The van der Waals surface area contributed by atoms with Gasteiger partial charge in [-0.05, 0) is 18.9 Å². The molecule has 0 fully saturated rings. The molecule has 0 saturated heterocycles. The summed E-state index contributed by atoms with van der Waals surface area (Å²) in [6.45, 7) is 1.53. The Morgan fingerprint density at radius 1 is 0.917 bits per heavy atom. The van der Waals surface area contributed by atoms with Gasteiger partial charge in [-0.15, -0.1) is 0 Å². The zero-order chi connectivity index (χ0) is 18.1. The fourth-order valence-corrected chi connectivity index (χ4v) is 1.74. The maximum atomic E-state index is 13.4. The minimum Gasteiger partial charge on any atom is -0.466 e. The van der Waals surface area contributed by atoms with Crippen LogP contribution in [-0.4, -0.2) is 18.5 Å². The van der Waals surface area contributed by atoms with Crippen LogP contribution in [0.5, 0.6) is 0 Å². The molecular weight excluding hydrogens is 332 g/mol. The molecule has 0 amide bonds. The van der Waals surface area contributed by atoms with E-state index in [1.807, 2.05) is 6.92 Å². The molecule has 0 heterocycles. The van der Waals surface area contributed by atoms with E-state index in [4.69, 9.17) is 4.74 Å². The predicted molar refractivity (Wildman–Crippen MR) is 75.8 cm³/mol.